The molecule has 0 heterocycles. The van der Waals surface area contributed by atoms with Gasteiger partial charge in [0.1, 0.15) is 0 Å². The number of hydrogen-bond acceptors (Lipinski definition) is 3. The van der Waals surface area contributed by atoms with Gasteiger partial charge in [0, 0.05) is 11.8 Å². The molecule has 0 bridgehead atoms. The Balaban J connectivity index is 2.28. The lowest BCUT2D eigenvalue weighted by Gasteiger charge is -2.26. The second kappa shape index (κ2) is 4.92. The third-order valence-corrected chi connectivity index (χ3v) is 3.19. The first-order valence-corrected chi connectivity index (χ1v) is 6.32. The van der Waals surface area contributed by atoms with Crippen LogP contribution in [0.4, 0.5) is 0 Å². The number of phenols is 2. The monoisotopic (exact) mass is 257 g/mol. The van der Waals surface area contributed by atoms with Crippen LogP contribution in [0.15, 0.2) is 46.5 Å². The third-order valence-electron chi connectivity index (χ3n) is 3.19. The van der Waals surface area contributed by atoms with Crippen LogP contribution in [-0.2, 0) is 0 Å². The summed E-state index contributed by atoms with van der Waals surface area (Å²) in [6, 6.07) is 4.86. The molecule has 0 saturated carbocycles. The molecule has 1 aromatic carbocycles. The zero-order valence-corrected chi connectivity index (χ0v) is 11.5. The molecule has 100 valence electrons. The van der Waals surface area contributed by atoms with E-state index >= 15 is 0 Å². The highest BCUT2D eigenvalue weighted by Gasteiger charge is 2.23. The molecular formula is C16H19NO2. The highest BCUT2D eigenvalue weighted by molar-refractivity contribution is 5.85. The molecule has 3 nitrogen and oxygen atoms in total. The molecule has 2 N–H and O–H groups in total. The van der Waals surface area contributed by atoms with Gasteiger partial charge in [0.25, 0.3) is 0 Å². The number of nitrogens with zero attached hydrogens (tertiary/aromatic N) is 1. The molecule has 1 aromatic rings. The number of para-hydroxylation sites is 1. The second-order valence-corrected chi connectivity index (χ2v) is 5.39. The van der Waals surface area contributed by atoms with E-state index < -0.39 is 0 Å². The lowest BCUT2D eigenvalue weighted by atomic mass is 9.86. The van der Waals surface area contributed by atoms with E-state index in [1.807, 2.05) is 0 Å². The van der Waals surface area contributed by atoms with Crippen molar-refractivity contribution in [2.24, 2.45) is 4.99 Å². The summed E-state index contributed by atoms with van der Waals surface area (Å²) in [5.41, 5.74) is 2.73. The first-order valence-electron chi connectivity index (χ1n) is 6.32. The Morgan fingerprint density at radius 1 is 1.26 bits per heavy atom. The molecule has 2 rings (SSSR count). The largest absolute Gasteiger partial charge is 0.504 e. The fourth-order valence-electron chi connectivity index (χ4n) is 2.54. The molecule has 1 aliphatic carbocycles. The van der Waals surface area contributed by atoms with Crippen LogP contribution in [0.5, 0.6) is 11.5 Å². The fourth-order valence-corrected chi connectivity index (χ4v) is 2.54. The number of aromatic hydroxyl groups is 2. The Bertz CT molecular complexity index is 584. The summed E-state index contributed by atoms with van der Waals surface area (Å²) in [7, 11) is 0. The first kappa shape index (κ1) is 13.4. The van der Waals surface area contributed by atoms with Gasteiger partial charge in [-0.25, -0.2) is 0 Å². The molecule has 3 heteroatoms. The van der Waals surface area contributed by atoms with Crippen LogP contribution in [0.2, 0.25) is 0 Å². The van der Waals surface area contributed by atoms with E-state index in [1.54, 1.807) is 18.3 Å². The van der Waals surface area contributed by atoms with Crippen LogP contribution < -0.4 is 0 Å². The predicted molar refractivity (Wildman–Crippen MR) is 77.9 cm³/mol. The lowest BCUT2D eigenvalue weighted by molar-refractivity contribution is 0.403. The predicted octanol–water partition coefficient (Wildman–Crippen LogP) is 3.57. The average molecular weight is 257 g/mol. The minimum atomic E-state index is -0.291. The second-order valence-electron chi connectivity index (χ2n) is 5.39. The van der Waals surface area contributed by atoms with E-state index in [2.05, 4.69) is 37.9 Å². The number of benzene rings is 1. The summed E-state index contributed by atoms with van der Waals surface area (Å²) in [4.78, 5) is 4.57. The normalized spacial score (nSPS) is 23.3. The van der Waals surface area contributed by atoms with Crippen molar-refractivity contribution in [2.45, 2.75) is 32.7 Å². The Labute approximate surface area is 113 Å². The van der Waals surface area contributed by atoms with Gasteiger partial charge in [-0.1, -0.05) is 29.4 Å². The smallest absolute Gasteiger partial charge is 0.166 e. The van der Waals surface area contributed by atoms with Gasteiger partial charge in [-0.05, 0) is 39.3 Å². The SMILES string of the molecule is CC1=CC(C)(N=Cc2cccc(O)c2O)CC(C)=C1. The molecule has 0 radical (unpaired) electrons. The quantitative estimate of drug-likeness (QED) is 0.628. The van der Waals surface area contributed by atoms with Crippen molar-refractivity contribution in [3.05, 3.63) is 47.1 Å². The van der Waals surface area contributed by atoms with Gasteiger partial charge in [0.05, 0.1) is 5.54 Å². The molecule has 1 unspecified atom stereocenters. The van der Waals surface area contributed by atoms with Crippen molar-refractivity contribution in [3.63, 3.8) is 0 Å². The summed E-state index contributed by atoms with van der Waals surface area (Å²) < 4.78 is 0. The van der Waals surface area contributed by atoms with Crippen LogP contribution in [0.3, 0.4) is 0 Å². The van der Waals surface area contributed by atoms with E-state index in [1.165, 1.54) is 17.2 Å². The fraction of sp³-hybridized carbons (Fsp3) is 0.312. The van der Waals surface area contributed by atoms with Gasteiger partial charge in [-0.15, -0.1) is 0 Å². The summed E-state index contributed by atoms with van der Waals surface area (Å²) in [5.74, 6) is -0.251. The lowest BCUT2D eigenvalue weighted by Crippen LogP contribution is -2.22. The molecule has 19 heavy (non-hydrogen) atoms. The highest BCUT2D eigenvalue weighted by atomic mass is 16.3. The van der Waals surface area contributed by atoms with E-state index in [0.717, 1.165) is 6.42 Å². The van der Waals surface area contributed by atoms with Gasteiger partial charge in [-0.2, -0.15) is 0 Å². The van der Waals surface area contributed by atoms with E-state index in [-0.39, 0.29) is 17.0 Å². The Morgan fingerprint density at radius 2 is 2.00 bits per heavy atom. The van der Waals surface area contributed by atoms with Gasteiger partial charge in [0.2, 0.25) is 0 Å². The van der Waals surface area contributed by atoms with Crippen LogP contribution in [0.1, 0.15) is 32.8 Å². The summed E-state index contributed by atoms with van der Waals surface area (Å²) in [5, 5.41) is 19.2. The van der Waals surface area contributed by atoms with Gasteiger partial charge < -0.3 is 10.2 Å². The summed E-state index contributed by atoms with van der Waals surface area (Å²) in [6.45, 7) is 6.21. The summed E-state index contributed by atoms with van der Waals surface area (Å²) >= 11 is 0. The van der Waals surface area contributed by atoms with Crippen molar-refractivity contribution < 1.29 is 10.2 Å². The van der Waals surface area contributed by atoms with Gasteiger partial charge in [-0.3, -0.25) is 4.99 Å². The van der Waals surface area contributed by atoms with Crippen molar-refractivity contribution in [3.8, 4) is 11.5 Å². The molecule has 0 fully saturated rings. The average Bonchev–Trinajstić information content (AvgIpc) is 2.29. The Morgan fingerprint density at radius 3 is 2.68 bits per heavy atom. The van der Waals surface area contributed by atoms with Crippen LogP contribution in [0.25, 0.3) is 0 Å². The molecule has 1 atom stereocenters. The maximum absolute atomic E-state index is 9.75. The molecule has 0 amide bonds. The third kappa shape index (κ3) is 3.05. The van der Waals surface area contributed by atoms with Crippen LogP contribution in [0, 0.1) is 0 Å². The number of hydrogen-bond donors (Lipinski definition) is 2. The number of aliphatic imine (C=N–C) groups is 1. The molecule has 1 aliphatic rings. The zero-order chi connectivity index (χ0) is 14.0. The molecule has 0 aromatic heterocycles. The zero-order valence-electron chi connectivity index (χ0n) is 11.5. The number of rotatable bonds is 2. The van der Waals surface area contributed by atoms with Crippen molar-refractivity contribution in [2.75, 3.05) is 0 Å². The van der Waals surface area contributed by atoms with E-state index in [4.69, 9.17) is 0 Å². The number of phenolic OH excluding ortho intramolecular Hbond substituents is 2. The van der Waals surface area contributed by atoms with Crippen molar-refractivity contribution in [1.29, 1.82) is 0 Å². The molecule has 0 aliphatic heterocycles. The van der Waals surface area contributed by atoms with E-state index in [9.17, 15) is 10.2 Å². The molecular weight excluding hydrogens is 238 g/mol. The molecule has 0 spiro atoms. The van der Waals surface area contributed by atoms with Crippen molar-refractivity contribution >= 4 is 6.21 Å². The molecule has 0 saturated heterocycles. The Kier molecular flexibility index (Phi) is 3.47. The summed E-state index contributed by atoms with van der Waals surface area (Å²) in [6.07, 6.45) is 6.76. The maximum Gasteiger partial charge on any atom is 0.166 e. The van der Waals surface area contributed by atoms with Gasteiger partial charge >= 0.3 is 0 Å². The highest BCUT2D eigenvalue weighted by Crippen LogP contribution is 2.31. The first-order chi connectivity index (χ1) is 8.89. The van der Waals surface area contributed by atoms with Crippen molar-refractivity contribution in [1.82, 2.24) is 0 Å². The number of allylic oxidation sites excluding steroid dienone is 2. The Hall–Kier alpha value is -2.03. The minimum Gasteiger partial charge on any atom is -0.504 e. The standard InChI is InChI=1S/C16H19NO2/c1-11-7-12(2)9-16(3,8-11)17-10-13-5-4-6-14(18)15(13)19/h4-8,10,18-19H,9H2,1-3H3. The van der Waals surface area contributed by atoms with Gasteiger partial charge in [0.15, 0.2) is 11.5 Å². The van der Waals surface area contributed by atoms with Crippen LogP contribution >= 0.6 is 0 Å². The topological polar surface area (TPSA) is 52.8 Å². The van der Waals surface area contributed by atoms with Crippen LogP contribution in [-0.4, -0.2) is 22.0 Å². The maximum atomic E-state index is 9.75. The van der Waals surface area contributed by atoms with E-state index in [0.29, 0.717) is 5.56 Å². The minimum absolute atomic E-state index is 0.124.